The van der Waals surface area contributed by atoms with E-state index in [-0.39, 0.29) is 11.9 Å². The Morgan fingerprint density at radius 1 is 1.37 bits per heavy atom. The third-order valence-electron chi connectivity index (χ3n) is 4.32. The molecule has 8 heteroatoms. The van der Waals surface area contributed by atoms with Crippen LogP contribution in [-0.4, -0.2) is 27.8 Å². The summed E-state index contributed by atoms with van der Waals surface area (Å²) in [5.41, 5.74) is 1.06. The molecule has 1 amide bonds. The standard InChI is InChI=1S/C19H22N4O2S2/c1-3-15(13-6-8-14(25-2)9-7-13)20-17(24)10-11-23-18(21-22-19(23)26)16-5-4-12-27-16/h4-9,12,15H,3,10-11H2,1-2H3,(H,20,24)(H,22,26). The number of nitrogens with one attached hydrogen (secondary N) is 2. The summed E-state index contributed by atoms with van der Waals surface area (Å²) in [4.78, 5) is 13.5. The number of thiophene rings is 1. The van der Waals surface area contributed by atoms with Crippen molar-refractivity contribution in [3.8, 4) is 16.5 Å². The number of carbonyl (C=O) groups is 1. The first kappa shape index (κ1) is 19.3. The third-order valence-corrected chi connectivity index (χ3v) is 5.50. The van der Waals surface area contributed by atoms with E-state index >= 15 is 0 Å². The van der Waals surface area contributed by atoms with Crippen molar-refractivity contribution in [2.75, 3.05) is 7.11 Å². The maximum Gasteiger partial charge on any atom is 0.222 e. The van der Waals surface area contributed by atoms with Crippen molar-refractivity contribution in [3.63, 3.8) is 0 Å². The fourth-order valence-electron chi connectivity index (χ4n) is 2.86. The Morgan fingerprint density at radius 3 is 2.78 bits per heavy atom. The minimum atomic E-state index is -0.0301. The number of methoxy groups -OCH3 is 1. The Morgan fingerprint density at radius 2 is 2.15 bits per heavy atom. The van der Waals surface area contributed by atoms with Gasteiger partial charge in [0, 0.05) is 13.0 Å². The summed E-state index contributed by atoms with van der Waals surface area (Å²) in [5, 5.41) is 12.2. The number of ether oxygens (including phenoxy) is 1. The molecule has 2 N–H and O–H groups in total. The monoisotopic (exact) mass is 402 g/mol. The molecule has 0 spiro atoms. The van der Waals surface area contributed by atoms with Gasteiger partial charge in [0.25, 0.3) is 0 Å². The molecule has 2 aromatic heterocycles. The molecule has 0 fully saturated rings. The van der Waals surface area contributed by atoms with Gasteiger partial charge in [0.15, 0.2) is 10.6 Å². The zero-order chi connectivity index (χ0) is 19.2. The zero-order valence-electron chi connectivity index (χ0n) is 15.3. The van der Waals surface area contributed by atoms with Gasteiger partial charge in [0.2, 0.25) is 5.91 Å². The Hall–Kier alpha value is -2.45. The third kappa shape index (κ3) is 4.64. The van der Waals surface area contributed by atoms with E-state index in [1.807, 2.05) is 46.3 Å². The van der Waals surface area contributed by atoms with Crippen LogP contribution in [-0.2, 0) is 11.3 Å². The minimum absolute atomic E-state index is 0.0158. The van der Waals surface area contributed by atoms with Gasteiger partial charge in [-0.2, -0.15) is 5.10 Å². The zero-order valence-corrected chi connectivity index (χ0v) is 16.9. The van der Waals surface area contributed by atoms with E-state index in [1.165, 1.54) is 0 Å². The van der Waals surface area contributed by atoms with Gasteiger partial charge >= 0.3 is 0 Å². The molecule has 27 heavy (non-hydrogen) atoms. The van der Waals surface area contributed by atoms with Crippen LogP contribution >= 0.6 is 23.6 Å². The number of benzene rings is 1. The molecule has 1 atom stereocenters. The van der Waals surface area contributed by atoms with Crippen LogP contribution in [0.3, 0.4) is 0 Å². The first-order valence-corrected chi connectivity index (χ1v) is 10.0. The highest BCUT2D eigenvalue weighted by Crippen LogP contribution is 2.23. The second-order valence-electron chi connectivity index (χ2n) is 6.03. The van der Waals surface area contributed by atoms with Crippen LogP contribution in [0, 0.1) is 4.77 Å². The summed E-state index contributed by atoms with van der Waals surface area (Å²) in [5.74, 6) is 1.55. The SMILES string of the molecule is CCC(NC(=O)CCn1c(-c2cccs2)n[nH]c1=S)c1ccc(OC)cc1. The Balaban J connectivity index is 1.64. The lowest BCUT2D eigenvalue weighted by atomic mass is 10.0. The lowest BCUT2D eigenvalue weighted by molar-refractivity contribution is -0.122. The van der Waals surface area contributed by atoms with Crippen molar-refractivity contribution in [3.05, 3.63) is 52.1 Å². The number of nitrogens with zero attached hydrogens (tertiary/aromatic N) is 2. The number of hydrogen-bond donors (Lipinski definition) is 2. The van der Waals surface area contributed by atoms with Crippen molar-refractivity contribution < 1.29 is 9.53 Å². The summed E-state index contributed by atoms with van der Waals surface area (Å²) < 4.78 is 7.58. The molecule has 0 saturated carbocycles. The van der Waals surface area contributed by atoms with Crippen molar-refractivity contribution in [2.24, 2.45) is 0 Å². The van der Waals surface area contributed by atoms with Gasteiger partial charge in [-0.05, 0) is 47.8 Å². The van der Waals surface area contributed by atoms with E-state index in [0.29, 0.717) is 17.7 Å². The van der Waals surface area contributed by atoms with Gasteiger partial charge in [0.1, 0.15) is 5.75 Å². The molecule has 3 rings (SSSR count). The fraction of sp³-hybridized carbons (Fsp3) is 0.316. The summed E-state index contributed by atoms with van der Waals surface area (Å²) in [6.07, 6.45) is 1.14. The van der Waals surface area contributed by atoms with Crippen molar-refractivity contribution in [2.45, 2.75) is 32.4 Å². The summed E-state index contributed by atoms with van der Waals surface area (Å²) >= 11 is 6.91. The quantitative estimate of drug-likeness (QED) is 0.550. The maximum atomic E-state index is 12.5. The second-order valence-corrected chi connectivity index (χ2v) is 7.37. The van der Waals surface area contributed by atoms with Crippen LogP contribution in [0.1, 0.15) is 31.4 Å². The molecule has 1 unspecified atom stereocenters. The number of rotatable bonds is 8. The topological polar surface area (TPSA) is 71.9 Å². The van der Waals surface area contributed by atoms with E-state index in [1.54, 1.807) is 18.4 Å². The average molecular weight is 403 g/mol. The van der Waals surface area contributed by atoms with Crippen LogP contribution in [0.25, 0.3) is 10.7 Å². The Labute approximate surface area is 167 Å². The normalized spacial score (nSPS) is 11.9. The Kier molecular flexibility index (Phi) is 6.41. The van der Waals surface area contributed by atoms with Crippen molar-refractivity contribution in [1.29, 1.82) is 0 Å². The minimum Gasteiger partial charge on any atom is -0.497 e. The molecule has 0 aliphatic carbocycles. The van der Waals surface area contributed by atoms with Gasteiger partial charge in [-0.1, -0.05) is 25.1 Å². The number of aromatic amines is 1. The molecular formula is C19H22N4O2S2. The lowest BCUT2D eigenvalue weighted by Gasteiger charge is -2.18. The van der Waals surface area contributed by atoms with E-state index in [9.17, 15) is 4.79 Å². The van der Waals surface area contributed by atoms with Gasteiger partial charge in [-0.25, -0.2) is 0 Å². The summed E-state index contributed by atoms with van der Waals surface area (Å²) in [6, 6.07) is 11.7. The van der Waals surface area contributed by atoms with Crippen LogP contribution in [0.2, 0.25) is 0 Å². The van der Waals surface area contributed by atoms with E-state index in [2.05, 4.69) is 22.4 Å². The number of amides is 1. The van der Waals surface area contributed by atoms with Gasteiger partial charge < -0.3 is 10.1 Å². The largest absolute Gasteiger partial charge is 0.497 e. The van der Waals surface area contributed by atoms with E-state index in [4.69, 9.17) is 17.0 Å². The van der Waals surface area contributed by atoms with Crippen LogP contribution in [0.15, 0.2) is 41.8 Å². The first-order valence-electron chi connectivity index (χ1n) is 8.74. The van der Waals surface area contributed by atoms with Gasteiger partial charge in [-0.15, -0.1) is 11.3 Å². The molecule has 0 radical (unpaired) electrons. The summed E-state index contributed by atoms with van der Waals surface area (Å²) in [7, 11) is 1.64. The second kappa shape index (κ2) is 8.96. The molecule has 0 aliphatic heterocycles. The van der Waals surface area contributed by atoms with Gasteiger partial charge in [0.05, 0.1) is 18.0 Å². The number of aromatic nitrogens is 3. The molecule has 142 valence electrons. The average Bonchev–Trinajstić information content (AvgIpc) is 3.34. The lowest BCUT2D eigenvalue weighted by Crippen LogP contribution is -2.29. The molecule has 0 bridgehead atoms. The molecule has 2 heterocycles. The highest BCUT2D eigenvalue weighted by Gasteiger charge is 2.15. The van der Waals surface area contributed by atoms with Gasteiger partial charge in [-0.3, -0.25) is 14.5 Å². The van der Waals surface area contributed by atoms with Crippen molar-refractivity contribution in [1.82, 2.24) is 20.1 Å². The Bertz CT molecular complexity index is 930. The first-order chi connectivity index (χ1) is 13.1. The molecule has 1 aromatic carbocycles. The number of carbonyl (C=O) groups excluding carboxylic acids is 1. The smallest absolute Gasteiger partial charge is 0.222 e. The molecule has 0 saturated heterocycles. The highest BCUT2D eigenvalue weighted by atomic mass is 32.1. The fourth-order valence-corrected chi connectivity index (χ4v) is 3.80. The van der Waals surface area contributed by atoms with E-state index in [0.717, 1.165) is 28.4 Å². The summed E-state index contributed by atoms with van der Waals surface area (Å²) in [6.45, 7) is 2.53. The predicted molar refractivity (Wildman–Crippen MR) is 110 cm³/mol. The van der Waals surface area contributed by atoms with Crippen LogP contribution in [0.5, 0.6) is 5.75 Å². The molecular weight excluding hydrogens is 380 g/mol. The number of hydrogen-bond acceptors (Lipinski definition) is 5. The van der Waals surface area contributed by atoms with E-state index < -0.39 is 0 Å². The van der Waals surface area contributed by atoms with Crippen LogP contribution in [0.4, 0.5) is 0 Å². The number of H-pyrrole nitrogens is 1. The molecule has 6 nitrogen and oxygen atoms in total. The maximum absolute atomic E-state index is 12.5. The van der Waals surface area contributed by atoms with Crippen LogP contribution < -0.4 is 10.1 Å². The molecule has 0 aliphatic rings. The van der Waals surface area contributed by atoms with Crippen molar-refractivity contribution >= 4 is 29.5 Å². The predicted octanol–water partition coefficient (Wildman–Crippen LogP) is 4.34. The molecule has 3 aromatic rings. The highest BCUT2D eigenvalue weighted by molar-refractivity contribution is 7.71.